The van der Waals surface area contributed by atoms with Crippen molar-refractivity contribution in [3.63, 3.8) is 0 Å². The molecule has 0 atom stereocenters. The Kier molecular flexibility index (Phi) is 34.4. The first-order chi connectivity index (χ1) is 7.33. The summed E-state index contributed by atoms with van der Waals surface area (Å²) >= 11 is 0. The zero-order valence-electron chi connectivity index (χ0n) is 12.4. The van der Waals surface area contributed by atoms with Crippen LogP contribution in [0.25, 0.3) is 0 Å². The third-order valence-corrected chi connectivity index (χ3v) is 2.17. The molecule has 96 valence electrons. The molecule has 0 aromatic rings. The molecule has 16 heavy (non-hydrogen) atoms. The largest absolute Gasteiger partial charge is 1.00 e. The Morgan fingerprint density at radius 1 is 0.812 bits per heavy atom. The first-order valence-electron chi connectivity index (χ1n) is 6.34. The molecule has 0 amide bonds. The van der Waals surface area contributed by atoms with E-state index >= 15 is 0 Å². The average molecular weight is 242 g/mol. The van der Waals surface area contributed by atoms with Crippen LogP contribution in [0, 0.1) is 0 Å². The second-order valence-electron chi connectivity index (χ2n) is 3.78. The zero-order valence-corrected chi connectivity index (χ0v) is 13.4. The van der Waals surface area contributed by atoms with Crippen LogP contribution in [0.15, 0.2) is 0 Å². The monoisotopic (exact) mass is 242 g/mol. The van der Waals surface area contributed by atoms with Crippen molar-refractivity contribution in [1.82, 2.24) is 0 Å². The van der Waals surface area contributed by atoms with Crippen molar-refractivity contribution in [2.45, 2.75) is 58.3 Å². The Morgan fingerprint density at radius 2 is 1.25 bits per heavy atom. The van der Waals surface area contributed by atoms with Crippen LogP contribution in [0.2, 0.25) is 0 Å². The molecule has 0 aliphatic rings. The minimum absolute atomic E-state index is 0. The van der Waals surface area contributed by atoms with Crippen LogP contribution < -0.4 is 41.0 Å². The summed E-state index contributed by atoms with van der Waals surface area (Å²) in [5, 5.41) is 8.42. The molecule has 0 heterocycles. The predicted molar refractivity (Wildman–Crippen MR) is 68.9 cm³/mol. The summed E-state index contributed by atoms with van der Waals surface area (Å²) in [6.07, 6.45) is 9.63. The molecule has 0 aromatic carbocycles. The summed E-state index contributed by atoms with van der Waals surface area (Å²) in [7, 11) is 0. The van der Waals surface area contributed by atoms with Crippen LogP contribution >= 0.6 is 0 Å². The molecule has 0 fully saturated rings. The van der Waals surface area contributed by atoms with E-state index in [0.717, 1.165) is 32.4 Å². The van der Waals surface area contributed by atoms with Gasteiger partial charge in [0.1, 0.15) is 0 Å². The number of nitrogens with two attached hydrogens (primary N) is 2. The molecule has 0 aliphatic carbocycles. The molecule has 0 unspecified atom stereocenters. The summed E-state index contributed by atoms with van der Waals surface area (Å²) in [4.78, 5) is 0. The minimum atomic E-state index is 0. The summed E-state index contributed by atoms with van der Waals surface area (Å²) in [5.74, 6) is 0. The first-order valence-corrected chi connectivity index (χ1v) is 6.34. The van der Waals surface area contributed by atoms with Crippen molar-refractivity contribution in [2.75, 3.05) is 19.7 Å². The summed E-state index contributed by atoms with van der Waals surface area (Å²) in [5.41, 5.74) is 10.3. The number of unbranched alkanes of at least 4 members (excludes halogenated alkanes) is 6. The van der Waals surface area contributed by atoms with Gasteiger partial charge in [0, 0.05) is 6.61 Å². The minimum Gasteiger partial charge on any atom is -1.00 e. The van der Waals surface area contributed by atoms with Gasteiger partial charge in [-0.15, -0.1) is 0 Å². The maximum absolute atomic E-state index is 8.42. The van der Waals surface area contributed by atoms with E-state index in [1.54, 1.807) is 0 Å². The molecule has 0 saturated heterocycles. The summed E-state index contributed by atoms with van der Waals surface area (Å²) in [6.45, 7) is 4.13. The van der Waals surface area contributed by atoms with Crippen molar-refractivity contribution in [3.05, 3.63) is 0 Å². The van der Waals surface area contributed by atoms with Crippen molar-refractivity contribution >= 4 is 0 Å². The van der Waals surface area contributed by atoms with Crippen LogP contribution in [0.3, 0.4) is 0 Å². The van der Waals surface area contributed by atoms with Gasteiger partial charge in [0.15, 0.2) is 0 Å². The van der Waals surface area contributed by atoms with Gasteiger partial charge in [-0.2, -0.15) is 0 Å². The average Bonchev–Trinajstić information content (AvgIpc) is 2.27. The molecule has 0 spiro atoms. The van der Waals surface area contributed by atoms with E-state index in [4.69, 9.17) is 16.6 Å². The van der Waals surface area contributed by atoms with Gasteiger partial charge in [-0.25, -0.2) is 0 Å². The SMILES string of the molecule is CCCCCCCCO.NCCCCN.[H-].[Na+]. The molecule has 5 N–H and O–H groups in total. The fraction of sp³-hybridized carbons (Fsp3) is 1.00. The van der Waals surface area contributed by atoms with Gasteiger partial charge in [-0.1, -0.05) is 39.0 Å². The van der Waals surface area contributed by atoms with E-state index in [2.05, 4.69) is 6.92 Å². The first kappa shape index (κ1) is 22.1. The van der Waals surface area contributed by atoms with Crippen molar-refractivity contribution in [3.8, 4) is 0 Å². The van der Waals surface area contributed by atoms with Crippen LogP contribution in [0.1, 0.15) is 59.7 Å². The topological polar surface area (TPSA) is 72.3 Å². The third kappa shape index (κ3) is 29.4. The molecule has 0 saturated carbocycles. The van der Waals surface area contributed by atoms with Gasteiger partial charge in [0.25, 0.3) is 0 Å². The Hall–Kier alpha value is 0.880. The van der Waals surface area contributed by atoms with Gasteiger partial charge in [0.05, 0.1) is 0 Å². The fourth-order valence-electron chi connectivity index (χ4n) is 1.18. The molecule has 3 nitrogen and oxygen atoms in total. The Labute approximate surface area is 125 Å². The van der Waals surface area contributed by atoms with Crippen LogP contribution in [0.5, 0.6) is 0 Å². The van der Waals surface area contributed by atoms with E-state index in [0.29, 0.717) is 6.61 Å². The van der Waals surface area contributed by atoms with E-state index in [1.807, 2.05) is 0 Å². The van der Waals surface area contributed by atoms with E-state index in [1.165, 1.54) is 32.1 Å². The maximum Gasteiger partial charge on any atom is 1.00 e. The molecular weight excluding hydrogens is 211 g/mol. The molecule has 0 radical (unpaired) electrons. The van der Waals surface area contributed by atoms with Crippen LogP contribution in [-0.4, -0.2) is 24.8 Å². The van der Waals surface area contributed by atoms with Crippen LogP contribution in [0.4, 0.5) is 0 Å². The molecular formula is C12H31N2NaO. The molecule has 0 aromatic heterocycles. The van der Waals surface area contributed by atoms with Gasteiger partial charge in [-0.3, -0.25) is 0 Å². The Morgan fingerprint density at radius 3 is 1.62 bits per heavy atom. The Bertz CT molecular complexity index is 90.6. The number of hydrogen-bond acceptors (Lipinski definition) is 3. The fourth-order valence-corrected chi connectivity index (χ4v) is 1.18. The Balaban J connectivity index is -0.0000000945. The number of rotatable bonds is 9. The van der Waals surface area contributed by atoms with Crippen molar-refractivity contribution in [1.29, 1.82) is 0 Å². The van der Waals surface area contributed by atoms with Crippen LogP contribution in [-0.2, 0) is 0 Å². The third-order valence-electron chi connectivity index (χ3n) is 2.17. The van der Waals surface area contributed by atoms with Crippen molar-refractivity contribution < 1.29 is 36.1 Å². The second-order valence-corrected chi connectivity index (χ2v) is 3.78. The number of aliphatic hydroxyl groups excluding tert-OH is 1. The molecule has 0 rings (SSSR count). The van der Waals surface area contributed by atoms with E-state index in [-0.39, 0.29) is 31.0 Å². The standard InChI is InChI=1S/C8H18O.C4H12N2.Na.H/c1-2-3-4-5-6-7-8-9;5-3-1-2-4-6;;/h9H,2-8H2,1H3;1-6H2;;/q;;+1;-1. The number of aliphatic hydroxyl groups is 1. The van der Waals surface area contributed by atoms with Gasteiger partial charge >= 0.3 is 29.6 Å². The van der Waals surface area contributed by atoms with E-state index in [9.17, 15) is 0 Å². The normalized spacial score (nSPS) is 9.00. The van der Waals surface area contributed by atoms with Gasteiger partial charge < -0.3 is 18.0 Å². The second kappa shape index (κ2) is 24.9. The van der Waals surface area contributed by atoms with Gasteiger partial charge in [0.2, 0.25) is 0 Å². The maximum atomic E-state index is 8.42. The molecule has 4 heteroatoms. The summed E-state index contributed by atoms with van der Waals surface area (Å²) in [6, 6.07) is 0. The van der Waals surface area contributed by atoms with Crippen molar-refractivity contribution in [2.24, 2.45) is 11.5 Å². The van der Waals surface area contributed by atoms with E-state index < -0.39 is 0 Å². The smallest absolute Gasteiger partial charge is 1.00 e. The quantitative estimate of drug-likeness (QED) is 0.364. The number of hydrogen-bond donors (Lipinski definition) is 3. The predicted octanol–water partition coefficient (Wildman–Crippen LogP) is -0.860. The molecule has 0 bridgehead atoms. The summed E-state index contributed by atoms with van der Waals surface area (Å²) < 4.78 is 0. The van der Waals surface area contributed by atoms with Gasteiger partial charge in [-0.05, 0) is 32.4 Å². The zero-order chi connectivity index (χ0) is 11.8. The molecule has 0 aliphatic heterocycles.